The monoisotopic (exact) mass is 312 g/mol. The molecule has 1 N–H and O–H groups in total. The van der Waals surface area contributed by atoms with Gasteiger partial charge in [-0.25, -0.2) is 0 Å². The average molecular weight is 312 g/mol. The van der Waals surface area contributed by atoms with E-state index in [0.29, 0.717) is 0 Å². The summed E-state index contributed by atoms with van der Waals surface area (Å²) in [5.74, 6) is -0.821. The molecule has 0 spiro atoms. The maximum atomic E-state index is 12.7. The first-order valence-corrected chi connectivity index (χ1v) is 7.95. The van der Waals surface area contributed by atoms with Crippen LogP contribution in [-0.4, -0.2) is 16.9 Å². The molecule has 3 heteroatoms. The van der Waals surface area contributed by atoms with Crippen molar-refractivity contribution in [2.45, 2.75) is 39.5 Å². The van der Waals surface area contributed by atoms with Crippen LogP contribution in [-0.2, 0) is 9.59 Å². The predicted molar refractivity (Wildman–Crippen MR) is 91.2 cm³/mol. The molecule has 0 unspecified atom stereocenters. The van der Waals surface area contributed by atoms with Crippen molar-refractivity contribution in [3.05, 3.63) is 60.2 Å². The summed E-state index contributed by atoms with van der Waals surface area (Å²) >= 11 is 0. The number of carbonyl (C=O) groups is 2. The lowest BCUT2D eigenvalue weighted by Crippen LogP contribution is -2.41. The van der Waals surface area contributed by atoms with Crippen molar-refractivity contribution >= 4 is 11.8 Å². The molecule has 23 heavy (non-hydrogen) atoms. The van der Waals surface area contributed by atoms with Gasteiger partial charge in [0.25, 0.3) is 0 Å². The molecule has 0 fully saturated rings. The van der Waals surface area contributed by atoms with Gasteiger partial charge in [-0.1, -0.05) is 75.4 Å². The van der Waals surface area contributed by atoms with Crippen molar-refractivity contribution in [1.82, 2.24) is 0 Å². The summed E-state index contributed by atoms with van der Waals surface area (Å²) in [7, 11) is 0. The molecule has 0 aliphatic heterocycles. The van der Waals surface area contributed by atoms with Gasteiger partial charge >= 0.3 is 5.97 Å². The number of Topliss-reactive ketones (excluding diaryl/α,β-unsaturated/α-hetero) is 1. The van der Waals surface area contributed by atoms with E-state index in [1.807, 2.05) is 51.1 Å². The number of aliphatic carboxylic acids is 1. The van der Waals surface area contributed by atoms with Crippen molar-refractivity contribution in [2.24, 2.45) is 10.8 Å². The lowest BCUT2D eigenvalue weighted by atomic mass is 9.61. The van der Waals surface area contributed by atoms with Gasteiger partial charge in [0.05, 0.1) is 11.8 Å². The molecule has 0 saturated heterocycles. The highest BCUT2D eigenvalue weighted by atomic mass is 16.4. The maximum Gasteiger partial charge on any atom is 0.303 e. The molecule has 1 aromatic rings. The summed E-state index contributed by atoms with van der Waals surface area (Å²) in [6.45, 7) is 6.05. The Morgan fingerprint density at radius 1 is 1.04 bits per heavy atom. The second kappa shape index (κ2) is 6.53. The zero-order chi connectivity index (χ0) is 17.1. The standard InChI is InChI=1S/C20H24O3/c1-19(2,3)20(17(21)9-10-18(22)23)13-11-16(12-14-20)15-7-5-4-6-8-15/h4-8,11-14,16H,9-10H2,1-3H3,(H,22,23). The van der Waals surface area contributed by atoms with Crippen molar-refractivity contribution in [2.75, 3.05) is 0 Å². The van der Waals surface area contributed by atoms with Crippen LogP contribution in [0.5, 0.6) is 0 Å². The number of carboxylic acids is 1. The van der Waals surface area contributed by atoms with E-state index in [4.69, 9.17) is 5.11 Å². The Labute approximate surface area is 137 Å². The quantitative estimate of drug-likeness (QED) is 0.822. The second-order valence-electron chi connectivity index (χ2n) is 7.09. The highest BCUT2D eigenvalue weighted by Gasteiger charge is 2.44. The van der Waals surface area contributed by atoms with Crippen LogP contribution < -0.4 is 0 Å². The fraction of sp³-hybridized carbons (Fsp3) is 0.400. The summed E-state index contributed by atoms with van der Waals surface area (Å²) < 4.78 is 0. The van der Waals surface area contributed by atoms with E-state index < -0.39 is 11.4 Å². The van der Waals surface area contributed by atoms with Crippen molar-refractivity contribution in [3.63, 3.8) is 0 Å². The molecule has 0 amide bonds. The highest BCUT2D eigenvalue weighted by Crippen LogP contribution is 2.46. The minimum Gasteiger partial charge on any atom is -0.481 e. The number of benzene rings is 1. The van der Waals surface area contributed by atoms with E-state index >= 15 is 0 Å². The molecule has 1 aliphatic carbocycles. The second-order valence-corrected chi connectivity index (χ2v) is 7.09. The Kier molecular flexibility index (Phi) is 4.88. The summed E-state index contributed by atoms with van der Waals surface area (Å²) in [5.41, 5.74) is 0.130. The molecular formula is C20H24O3. The van der Waals surface area contributed by atoms with Gasteiger partial charge in [0.15, 0.2) is 0 Å². The number of allylic oxidation sites excluding steroid dienone is 4. The molecule has 0 saturated carbocycles. The fourth-order valence-corrected chi connectivity index (χ4v) is 3.06. The highest BCUT2D eigenvalue weighted by molar-refractivity contribution is 5.92. The van der Waals surface area contributed by atoms with Gasteiger partial charge in [-0.15, -0.1) is 0 Å². The zero-order valence-electron chi connectivity index (χ0n) is 14.0. The minimum absolute atomic E-state index is 0.0357. The van der Waals surface area contributed by atoms with Crippen LogP contribution in [0.2, 0.25) is 0 Å². The Balaban J connectivity index is 2.28. The number of hydrogen-bond donors (Lipinski definition) is 1. The van der Waals surface area contributed by atoms with Crippen LogP contribution in [0.1, 0.15) is 45.1 Å². The Morgan fingerprint density at radius 2 is 1.61 bits per heavy atom. The van der Waals surface area contributed by atoms with Gasteiger partial charge in [0.2, 0.25) is 0 Å². The largest absolute Gasteiger partial charge is 0.481 e. The first-order chi connectivity index (χ1) is 10.8. The zero-order valence-corrected chi connectivity index (χ0v) is 14.0. The molecule has 1 aliphatic rings. The molecule has 0 bridgehead atoms. The summed E-state index contributed by atoms with van der Waals surface area (Å²) in [5, 5.41) is 8.85. The lowest BCUT2D eigenvalue weighted by Gasteiger charge is -2.41. The van der Waals surface area contributed by atoms with Gasteiger partial charge < -0.3 is 5.11 Å². The maximum absolute atomic E-state index is 12.7. The number of ketones is 1. The third-order valence-corrected chi connectivity index (χ3v) is 4.59. The van der Waals surface area contributed by atoms with E-state index in [1.165, 1.54) is 5.56 Å². The molecule has 0 atom stereocenters. The molecule has 0 radical (unpaired) electrons. The van der Waals surface area contributed by atoms with Crippen LogP contribution in [0, 0.1) is 10.8 Å². The Bertz CT molecular complexity index is 619. The van der Waals surface area contributed by atoms with Crippen molar-refractivity contribution in [1.29, 1.82) is 0 Å². The smallest absolute Gasteiger partial charge is 0.303 e. The SMILES string of the molecule is CC(C)(C)C1(C(=O)CCC(=O)O)C=CC(c2ccccc2)C=C1. The molecule has 0 heterocycles. The summed E-state index contributed by atoms with van der Waals surface area (Å²) in [6, 6.07) is 10.1. The third-order valence-electron chi connectivity index (χ3n) is 4.59. The Morgan fingerprint density at radius 3 is 2.09 bits per heavy atom. The average Bonchev–Trinajstić information content (AvgIpc) is 2.52. The van der Waals surface area contributed by atoms with Crippen LogP contribution >= 0.6 is 0 Å². The number of carboxylic acid groups (broad SMARTS) is 1. The lowest BCUT2D eigenvalue weighted by molar-refractivity contribution is -0.140. The molecule has 122 valence electrons. The third kappa shape index (κ3) is 3.61. The molecular weight excluding hydrogens is 288 g/mol. The van der Waals surface area contributed by atoms with E-state index in [-0.39, 0.29) is 30.0 Å². The number of rotatable bonds is 5. The van der Waals surface area contributed by atoms with E-state index in [9.17, 15) is 9.59 Å². The van der Waals surface area contributed by atoms with E-state index in [1.54, 1.807) is 0 Å². The van der Waals surface area contributed by atoms with Crippen LogP contribution in [0.25, 0.3) is 0 Å². The van der Waals surface area contributed by atoms with Crippen LogP contribution in [0.3, 0.4) is 0 Å². The summed E-state index contributed by atoms with van der Waals surface area (Å²) in [4.78, 5) is 23.5. The number of hydrogen-bond acceptors (Lipinski definition) is 2. The fourth-order valence-electron chi connectivity index (χ4n) is 3.06. The van der Waals surface area contributed by atoms with Crippen molar-refractivity contribution < 1.29 is 14.7 Å². The van der Waals surface area contributed by atoms with Gasteiger partial charge in [-0.05, 0) is 11.0 Å². The molecule has 1 aromatic carbocycles. The van der Waals surface area contributed by atoms with Crippen LogP contribution in [0.15, 0.2) is 54.6 Å². The Hall–Kier alpha value is -2.16. The first kappa shape index (κ1) is 17.2. The topological polar surface area (TPSA) is 54.4 Å². The molecule has 3 nitrogen and oxygen atoms in total. The van der Waals surface area contributed by atoms with Gasteiger partial charge in [0, 0.05) is 12.3 Å². The van der Waals surface area contributed by atoms with E-state index in [2.05, 4.69) is 24.3 Å². The normalized spacial score (nSPS) is 23.7. The van der Waals surface area contributed by atoms with Gasteiger partial charge in [-0.2, -0.15) is 0 Å². The van der Waals surface area contributed by atoms with Crippen molar-refractivity contribution in [3.8, 4) is 0 Å². The first-order valence-electron chi connectivity index (χ1n) is 7.95. The minimum atomic E-state index is -0.937. The predicted octanol–water partition coefficient (Wildman–Crippen LogP) is 4.36. The van der Waals surface area contributed by atoms with Gasteiger partial charge in [-0.3, -0.25) is 9.59 Å². The molecule has 0 aromatic heterocycles. The van der Waals surface area contributed by atoms with E-state index in [0.717, 1.165) is 0 Å². The number of carbonyl (C=O) groups excluding carboxylic acids is 1. The molecule has 2 rings (SSSR count). The summed E-state index contributed by atoms with van der Waals surface area (Å²) in [6.07, 6.45) is 7.97. The van der Waals surface area contributed by atoms with Gasteiger partial charge in [0.1, 0.15) is 5.78 Å². The van der Waals surface area contributed by atoms with Crippen LogP contribution in [0.4, 0.5) is 0 Å².